The summed E-state index contributed by atoms with van der Waals surface area (Å²) in [6.07, 6.45) is 0. The van der Waals surface area contributed by atoms with Gasteiger partial charge in [0, 0.05) is 23.5 Å². The molecule has 0 atom stereocenters. The standard InChI is InChI=1S/C20H25NO6/c1-7-21-12(2)8-15(13(21)3)16(22)11-27-20(23)14-9-17(24-4)19(26-6)18(10-14)25-5/h8-10H,7,11H2,1-6H3. The molecule has 1 aromatic heterocycles. The molecule has 2 rings (SSSR count). The molecule has 0 saturated heterocycles. The van der Waals surface area contributed by atoms with Crippen LogP contribution in [0, 0.1) is 13.8 Å². The SMILES string of the molecule is CCn1c(C)cc(C(=O)COC(=O)c2cc(OC)c(OC)c(OC)c2)c1C. The Balaban J connectivity index is 2.17. The fourth-order valence-corrected chi connectivity index (χ4v) is 3.06. The summed E-state index contributed by atoms with van der Waals surface area (Å²) in [6, 6.07) is 4.78. The van der Waals surface area contributed by atoms with E-state index in [0.717, 1.165) is 17.9 Å². The summed E-state index contributed by atoms with van der Waals surface area (Å²) in [6.45, 7) is 6.26. The van der Waals surface area contributed by atoms with E-state index in [2.05, 4.69) is 0 Å². The first-order valence-electron chi connectivity index (χ1n) is 8.54. The summed E-state index contributed by atoms with van der Waals surface area (Å²) in [5.74, 6) is 0.151. The van der Waals surface area contributed by atoms with Crippen LogP contribution in [-0.2, 0) is 11.3 Å². The van der Waals surface area contributed by atoms with Gasteiger partial charge in [0.25, 0.3) is 0 Å². The van der Waals surface area contributed by atoms with Crippen LogP contribution in [0.15, 0.2) is 18.2 Å². The zero-order valence-electron chi connectivity index (χ0n) is 16.5. The summed E-state index contributed by atoms with van der Waals surface area (Å²) in [5, 5.41) is 0. The number of carbonyl (C=O) groups is 2. The minimum atomic E-state index is -0.646. The second-order valence-electron chi connectivity index (χ2n) is 5.94. The van der Waals surface area contributed by atoms with Gasteiger partial charge in [-0.1, -0.05) is 0 Å². The van der Waals surface area contributed by atoms with E-state index in [4.69, 9.17) is 18.9 Å². The average Bonchev–Trinajstić information content (AvgIpc) is 2.97. The molecule has 146 valence electrons. The number of carbonyl (C=O) groups excluding carboxylic acids is 2. The van der Waals surface area contributed by atoms with Crippen molar-refractivity contribution in [3.05, 3.63) is 40.7 Å². The zero-order chi connectivity index (χ0) is 20.1. The number of ether oxygens (including phenoxy) is 4. The second kappa shape index (κ2) is 8.62. The molecule has 0 radical (unpaired) electrons. The topological polar surface area (TPSA) is 76.0 Å². The molecule has 7 heteroatoms. The van der Waals surface area contributed by atoms with Crippen LogP contribution in [0.25, 0.3) is 0 Å². The van der Waals surface area contributed by atoms with Crippen LogP contribution >= 0.6 is 0 Å². The van der Waals surface area contributed by atoms with Gasteiger partial charge in [0.05, 0.1) is 26.9 Å². The molecule has 0 bridgehead atoms. The molecule has 7 nitrogen and oxygen atoms in total. The van der Waals surface area contributed by atoms with Gasteiger partial charge in [-0.15, -0.1) is 0 Å². The van der Waals surface area contributed by atoms with Crippen LogP contribution in [0.4, 0.5) is 0 Å². The summed E-state index contributed by atoms with van der Waals surface area (Å²) in [4.78, 5) is 24.9. The fourth-order valence-electron chi connectivity index (χ4n) is 3.06. The van der Waals surface area contributed by atoms with Gasteiger partial charge in [0.15, 0.2) is 18.1 Å². The lowest BCUT2D eigenvalue weighted by Gasteiger charge is -2.13. The third-order valence-corrected chi connectivity index (χ3v) is 4.43. The molecule has 27 heavy (non-hydrogen) atoms. The van der Waals surface area contributed by atoms with Gasteiger partial charge in [0.1, 0.15) is 0 Å². The highest BCUT2D eigenvalue weighted by Gasteiger charge is 2.20. The number of Topliss-reactive ketones (excluding diaryl/α,β-unsaturated/α-hetero) is 1. The molecule has 0 N–H and O–H groups in total. The van der Waals surface area contributed by atoms with E-state index >= 15 is 0 Å². The first-order chi connectivity index (χ1) is 12.9. The van der Waals surface area contributed by atoms with E-state index in [-0.39, 0.29) is 18.0 Å². The molecule has 0 fully saturated rings. The van der Waals surface area contributed by atoms with E-state index in [0.29, 0.717) is 22.8 Å². The van der Waals surface area contributed by atoms with E-state index in [1.54, 1.807) is 0 Å². The van der Waals surface area contributed by atoms with Crippen molar-refractivity contribution in [2.24, 2.45) is 0 Å². The van der Waals surface area contributed by atoms with Gasteiger partial charge in [-0.3, -0.25) is 4.79 Å². The number of hydrogen-bond donors (Lipinski definition) is 0. The largest absolute Gasteiger partial charge is 0.493 e. The van der Waals surface area contributed by atoms with E-state index in [1.165, 1.54) is 33.5 Å². The van der Waals surface area contributed by atoms with E-state index in [9.17, 15) is 9.59 Å². The molecule has 2 aromatic rings. The van der Waals surface area contributed by atoms with Crippen molar-refractivity contribution in [2.45, 2.75) is 27.3 Å². The Kier molecular flexibility index (Phi) is 6.50. The minimum Gasteiger partial charge on any atom is -0.493 e. The van der Waals surface area contributed by atoms with Crippen LogP contribution < -0.4 is 14.2 Å². The summed E-state index contributed by atoms with van der Waals surface area (Å²) < 4.78 is 22.9. The van der Waals surface area contributed by atoms with Gasteiger partial charge < -0.3 is 23.5 Å². The first-order valence-corrected chi connectivity index (χ1v) is 8.54. The number of aromatic nitrogens is 1. The Morgan fingerprint density at radius 1 is 0.963 bits per heavy atom. The summed E-state index contributed by atoms with van der Waals surface area (Å²) >= 11 is 0. The molecule has 0 aliphatic carbocycles. The van der Waals surface area contributed by atoms with Crippen LogP contribution in [0.3, 0.4) is 0 Å². The molecule has 0 unspecified atom stereocenters. The van der Waals surface area contributed by atoms with Crippen molar-refractivity contribution in [3.8, 4) is 17.2 Å². The molecule has 0 spiro atoms. The van der Waals surface area contributed by atoms with Gasteiger partial charge in [-0.05, 0) is 39.0 Å². The predicted octanol–water partition coefficient (Wildman–Crippen LogP) is 3.19. The molecule has 0 amide bonds. The third kappa shape index (κ3) is 4.07. The Bertz CT molecular complexity index is 827. The highest BCUT2D eigenvalue weighted by atomic mass is 16.5. The van der Waals surface area contributed by atoms with Gasteiger partial charge in [-0.25, -0.2) is 4.79 Å². The summed E-state index contributed by atoms with van der Waals surface area (Å²) in [5.41, 5.74) is 2.63. The Labute approximate surface area is 158 Å². The van der Waals surface area contributed by atoms with Gasteiger partial charge in [-0.2, -0.15) is 0 Å². The third-order valence-electron chi connectivity index (χ3n) is 4.43. The van der Waals surface area contributed by atoms with Crippen molar-refractivity contribution in [2.75, 3.05) is 27.9 Å². The Morgan fingerprint density at radius 3 is 2.00 bits per heavy atom. The first kappa shape index (κ1) is 20.4. The van der Waals surface area contributed by atoms with Crippen molar-refractivity contribution >= 4 is 11.8 Å². The zero-order valence-corrected chi connectivity index (χ0v) is 16.5. The number of methoxy groups -OCH3 is 3. The monoisotopic (exact) mass is 375 g/mol. The number of esters is 1. The number of ketones is 1. The molecule has 1 aromatic carbocycles. The van der Waals surface area contributed by atoms with Crippen LogP contribution in [-0.4, -0.2) is 44.3 Å². The van der Waals surface area contributed by atoms with Crippen molar-refractivity contribution in [1.82, 2.24) is 4.57 Å². The quantitative estimate of drug-likeness (QED) is 0.521. The maximum Gasteiger partial charge on any atom is 0.338 e. The lowest BCUT2D eigenvalue weighted by Crippen LogP contribution is -2.15. The molecule has 0 saturated carbocycles. The number of nitrogens with zero attached hydrogens (tertiary/aromatic N) is 1. The van der Waals surface area contributed by atoms with Crippen molar-refractivity contribution in [1.29, 1.82) is 0 Å². The van der Waals surface area contributed by atoms with E-state index < -0.39 is 5.97 Å². The normalized spacial score (nSPS) is 10.4. The Morgan fingerprint density at radius 2 is 1.56 bits per heavy atom. The molecule has 0 aliphatic rings. The van der Waals surface area contributed by atoms with Gasteiger partial charge >= 0.3 is 5.97 Å². The number of rotatable bonds is 8. The number of benzene rings is 1. The van der Waals surface area contributed by atoms with Crippen LogP contribution in [0.1, 0.15) is 39.0 Å². The molecular weight excluding hydrogens is 350 g/mol. The Hall–Kier alpha value is -2.96. The fraction of sp³-hybridized carbons (Fsp3) is 0.400. The van der Waals surface area contributed by atoms with Crippen molar-refractivity contribution < 1.29 is 28.5 Å². The predicted molar refractivity (Wildman–Crippen MR) is 100 cm³/mol. The van der Waals surface area contributed by atoms with E-state index in [1.807, 2.05) is 31.4 Å². The van der Waals surface area contributed by atoms with Crippen LogP contribution in [0.5, 0.6) is 17.2 Å². The number of hydrogen-bond acceptors (Lipinski definition) is 6. The number of aryl methyl sites for hydroxylation is 1. The lowest BCUT2D eigenvalue weighted by atomic mass is 10.1. The smallest absolute Gasteiger partial charge is 0.338 e. The van der Waals surface area contributed by atoms with Crippen LogP contribution in [0.2, 0.25) is 0 Å². The summed E-state index contributed by atoms with van der Waals surface area (Å²) in [7, 11) is 4.39. The molecular formula is C20H25NO6. The lowest BCUT2D eigenvalue weighted by molar-refractivity contribution is 0.0474. The highest BCUT2D eigenvalue weighted by molar-refractivity contribution is 6.00. The molecule has 0 aliphatic heterocycles. The second-order valence-corrected chi connectivity index (χ2v) is 5.94. The molecule has 1 heterocycles. The van der Waals surface area contributed by atoms with Crippen molar-refractivity contribution in [3.63, 3.8) is 0 Å². The minimum absolute atomic E-state index is 0.205. The van der Waals surface area contributed by atoms with Gasteiger partial charge in [0.2, 0.25) is 11.5 Å². The maximum absolute atomic E-state index is 12.5. The maximum atomic E-state index is 12.5. The highest BCUT2D eigenvalue weighted by Crippen LogP contribution is 2.38. The average molecular weight is 375 g/mol.